The van der Waals surface area contributed by atoms with Gasteiger partial charge in [-0.05, 0) is 31.0 Å². The molecule has 1 aromatic carbocycles. The molecule has 0 saturated carbocycles. The number of aromatic nitrogens is 2. The summed E-state index contributed by atoms with van der Waals surface area (Å²) in [5.41, 5.74) is 1.17. The smallest absolute Gasteiger partial charge is 0.305 e. The zero-order valence-electron chi connectivity index (χ0n) is 12.2. The Hall–Kier alpha value is -2.30. The molecule has 112 valence electrons. The summed E-state index contributed by atoms with van der Waals surface area (Å²) >= 11 is 0. The second-order valence-corrected chi connectivity index (χ2v) is 4.61. The minimum Gasteiger partial charge on any atom is -0.494 e. The van der Waals surface area contributed by atoms with Crippen LogP contribution in [0.5, 0.6) is 5.75 Å². The first-order valence-electron chi connectivity index (χ1n) is 7.13. The lowest BCUT2D eigenvalue weighted by molar-refractivity contribution is -0.143. The van der Waals surface area contributed by atoms with Crippen LogP contribution in [0.25, 0.3) is 0 Å². The Kier molecular flexibility index (Phi) is 5.82. The highest BCUT2D eigenvalue weighted by Gasteiger charge is 2.02. The van der Waals surface area contributed by atoms with Crippen molar-refractivity contribution >= 4 is 5.97 Å². The van der Waals surface area contributed by atoms with Gasteiger partial charge in [0.25, 0.3) is 0 Å². The fourth-order valence-electron chi connectivity index (χ4n) is 1.93. The quantitative estimate of drug-likeness (QED) is 0.599. The van der Waals surface area contributed by atoms with Crippen molar-refractivity contribution in [2.75, 3.05) is 13.2 Å². The molecular formula is C16H20N2O3. The number of esters is 1. The van der Waals surface area contributed by atoms with Gasteiger partial charge in [0.2, 0.25) is 0 Å². The molecule has 0 amide bonds. The number of nitrogens with one attached hydrogen (secondary N) is 1. The molecule has 1 heterocycles. The van der Waals surface area contributed by atoms with Gasteiger partial charge in [-0.25, -0.2) is 4.98 Å². The number of carbonyl (C=O) groups is 1. The third-order valence-electron chi connectivity index (χ3n) is 2.95. The molecule has 0 aliphatic carbocycles. The van der Waals surface area contributed by atoms with Gasteiger partial charge in [-0.15, -0.1) is 0 Å². The van der Waals surface area contributed by atoms with E-state index in [-0.39, 0.29) is 5.97 Å². The minimum atomic E-state index is -0.171. The first-order valence-corrected chi connectivity index (χ1v) is 7.13. The zero-order chi connectivity index (χ0) is 14.9. The number of nitrogens with zero attached hydrogens (tertiary/aromatic N) is 1. The maximum absolute atomic E-state index is 11.2. The maximum atomic E-state index is 11.2. The molecule has 0 aliphatic heterocycles. The van der Waals surface area contributed by atoms with E-state index in [1.54, 1.807) is 13.1 Å². The van der Waals surface area contributed by atoms with E-state index in [1.165, 1.54) is 5.56 Å². The fourth-order valence-corrected chi connectivity index (χ4v) is 1.93. The molecule has 2 aromatic rings. The molecule has 0 fully saturated rings. The lowest BCUT2D eigenvalue weighted by Gasteiger charge is -2.07. The SMILES string of the molecule is CCOC(=O)CCCOc1ccc(Cc2ncc[nH]2)cc1. The predicted molar refractivity (Wildman–Crippen MR) is 79.2 cm³/mol. The molecule has 21 heavy (non-hydrogen) atoms. The van der Waals surface area contributed by atoms with Crippen LogP contribution in [-0.2, 0) is 16.0 Å². The number of benzene rings is 1. The van der Waals surface area contributed by atoms with E-state index in [0.29, 0.717) is 26.1 Å². The van der Waals surface area contributed by atoms with Crippen LogP contribution in [0.1, 0.15) is 31.2 Å². The standard InChI is InChI=1S/C16H20N2O3/c1-2-20-16(19)4-3-11-21-14-7-5-13(6-8-14)12-15-17-9-10-18-15/h5-10H,2-4,11-12H2,1H3,(H,17,18). The van der Waals surface area contributed by atoms with E-state index in [2.05, 4.69) is 9.97 Å². The molecule has 0 aliphatic rings. The van der Waals surface area contributed by atoms with Crippen molar-refractivity contribution in [1.82, 2.24) is 9.97 Å². The average Bonchev–Trinajstić information content (AvgIpc) is 2.98. The molecule has 0 saturated heterocycles. The van der Waals surface area contributed by atoms with Crippen molar-refractivity contribution < 1.29 is 14.3 Å². The van der Waals surface area contributed by atoms with Crippen molar-refractivity contribution in [1.29, 1.82) is 0 Å². The van der Waals surface area contributed by atoms with Gasteiger partial charge < -0.3 is 14.5 Å². The van der Waals surface area contributed by atoms with Crippen LogP contribution in [0.3, 0.4) is 0 Å². The van der Waals surface area contributed by atoms with Crippen molar-refractivity contribution in [3.8, 4) is 5.75 Å². The highest BCUT2D eigenvalue weighted by Crippen LogP contribution is 2.14. The van der Waals surface area contributed by atoms with Gasteiger partial charge in [0.15, 0.2) is 0 Å². The largest absolute Gasteiger partial charge is 0.494 e. The van der Waals surface area contributed by atoms with E-state index < -0.39 is 0 Å². The molecule has 0 radical (unpaired) electrons. The number of hydrogen-bond donors (Lipinski definition) is 1. The van der Waals surface area contributed by atoms with Crippen LogP contribution in [0.2, 0.25) is 0 Å². The van der Waals surface area contributed by atoms with Crippen LogP contribution < -0.4 is 4.74 Å². The molecule has 1 N–H and O–H groups in total. The van der Waals surface area contributed by atoms with Gasteiger partial charge in [0.1, 0.15) is 11.6 Å². The van der Waals surface area contributed by atoms with Crippen LogP contribution in [0, 0.1) is 0 Å². The number of H-pyrrole nitrogens is 1. The number of carbonyl (C=O) groups excluding carboxylic acids is 1. The lowest BCUT2D eigenvalue weighted by atomic mass is 10.1. The van der Waals surface area contributed by atoms with Crippen molar-refractivity contribution in [2.24, 2.45) is 0 Å². The summed E-state index contributed by atoms with van der Waals surface area (Å²) in [5, 5.41) is 0. The van der Waals surface area contributed by atoms with Crippen molar-refractivity contribution in [2.45, 2.75) is 26.2 Å². The van der Waals surface area contributed by atoms with Gasteiger partial charge in [-0.1, -0.05) is 12.1 Å². The van der Waals surface area contributed by atoms with Gasteiger partial charge in [0.05, 0.1) is 13.2 Å². The Bertz CT molecular complexity index is 535. The zero-order valence-corrected chi connectivity index (χ0v) is 12.2. The lowest BCUT2D eigenvalue weighted by Crippen LogP contribution is -2.06. The Morgan fingerprint density at radius 3 is 2.76 bits per heavy atom. The Morgan fingerprint density at radius 1 is 1.29 bits per heavy atom. The van der Waals surface area contributed by atoms with Gasteiger partial charge in [0, 0.05) is 25.2 Å². The van der Waals surface area contributed by atoms with Crippen LogP contribution in [0.15, 0.2) is 36.7 Å². The molecule has 5 heteroatoms. The van der Waals surface area contributed by atoms with E-state index in [1.807, 2.05) is 30.5 Å². The average molecular weight is 288 g/mol. The topological polar surface area (TPSA) is 64.2 Å². The highest BCUT2D eigenvalue weighted by molar-refractivity contribution is 5.69. The first kappa shape index (κ1) is 15.1. The number of imidazole rings is 1. The van der Waals surface area contributed by atoms with Gasteiger partial charge >= 0.3 is 5.97 Å². The van der Waals surface area contributed by atoms with Crippen molar-refractivity contribution in [3.05, 3.63) is 48.0 Å². The summed E-state index contributed by atoms with van der Waals surface area (Å²) < 4.78 is 10.4. The van der Waals surface area contributed by atoms with Crippen LogP contribution in [-0.4, -0.2) is 29.2 Å². The van der Waals surface area contributed by atoms with Gasteiger partial charge in [-0.3, -0.25) is 4.79 Å². The summed E-state index contributed by atoms with van der Waals surface area (Å²) in [5.74, 6) is 1.58. The maximum Gasteiger partial charge on any atom is 0.305 e. The molecule has 5 nitrogen and oxygen atoms in total. The van der Waals surface area contributed by atoms with Crippen LogP contribution >= 0.6 is 0 Å². The minimum absolute atomic E-state index is 0.171. The van der Waals surface area contributed by atoms with E-state index in [0.717, 1.165) is 18.0 Å². The summed E-state index contributed by atoms with van der Waals surface area (Å²) in [7, 11) is 0. The molecular weight excluding hydrogens is 268 g/mol. The molecule has 0 atom stereocenters. The van der Waals surface area contributed by atoms with Crippen molar-refractivity contribution in [3.63, 3.8) is 0 Å². The second-order valence-electron chi connectivity index (χ2n) is 4.61. The van der Waals surface area contributed by atoms with E-state index >= 15 is 0 Å². The summed E-state index contributed by atoms with van der Waals surface area (Å²) in [6.45, 7) is 2.74. The molecule has 0 bridgehead atoms. The van der Waals surface area contributed by atoms with E-state index in [9.17, 15) is 4.79 Å². The molecule has 0 spiro atoms. The number of hydrogen-bond acceptors (Lipinski definition) is 4. The summed E-state index contributed by atoms with van der Waals surface area (Å²) in [6, 6.07) is 7.90. The first-order chi connectivity index (χ1) is 10.3. The Morgan fingerprint density at radius 2 is 2.10 bits per heavy atom. The third-order valence-corrected chi connectivity index (χ3v) is 2.95. The highest BCUT2D eigenvalue weighted by atomic mass is 16.5. The summed E-state index contributed by atoms with van der Waals surface area (Å²) in [6.07, 6.45) is 5.39. The Labute approximate surface area is 124 Å². The monoisotopic (exact) mass is 288 g/mol. The predicted octanol–water partition coefficient (Wildman–Crippen LogP) is 2.72. The summed E-state index contributed by atoms with van der Waals surface area (Å²) in [4.78, 5) is 18.4. The molecule has 1 aromatic heterocycles. The number of rotatable bonds is 8. The van der Waals surface area contributed by atoms with Crippen LogP contribution in [0.4, 0.5) is 0 Å². The molecule has 0 unspecified atom stereocenters. The second kappa shape index (κ2) is 8.09. The molecule has 2 rings (SSSR count). The normalized spacial score (nSPS) is 10.3. The third kappa shape index (κ3) is 5.30. The van der Waals surface area contributed by atoms with Gasteiger partial charge in [-0.2, -0.15) is 0 Å². The fraction of sp³-hybridized carbons (Fsp3) is 0.375. The Balaban J connectivity index is 1.71. The number of aromatic amines is 1. The number of ether oxygens (including phenoxy) is 2. The van der Waals surface area contributed by atoms with E-state index in [4.69, 9.17) is 9.47 Å².